The number of carbonyl (C=O) groups excluding carboxylic acids is 1. The number of unbranched alkanes of at least 4 members (excludes halogenated alkanes) is 2. The molecule has 0 aromatic carbocycles. The second-order valence-electron chi connectivity index (χ2n) is 8.69. The molecule has 9 heteroatoms. The number of nitrogens with two attached hydrogens (primary N) is 1. The summed E-state index contributed by atoms with van der Waals surface area (Å²) in [7, 11) is 3.57. The Kier molecular flexibility index (Phi) is 8.35. The molecule has 172 valence electrons. The van der Waals surface area contributed by atoms with Crippen LogP contribution >= 0.6 is 23.5 Å². The number of amides is 1. The third-order valence-electron chi connectivity index (χ3n) is 6.60. The highest BCUT2D eigenvalue weighted by Gasteiger charge is 2.80. The molecule has 0 aromatic heterocycles. The van der Waals surface area contributed by atoms with Crippen molar-refractivity contribution in [1.82, 2.24) is 10.0 Å². The Balaban J connectivity index is 2.73. The molecular formula is C22H36N6OS2. The van der Waals surface area contributed by atoms with E-state index in [1.807, 2.05) is 6.92 Å². The number of nitriles is 2. The van der Waals surface area contributed by atoms with Gasteiger partial charge in [-0.2, -0.15) is 10.5 Å². The summed E-state index contributed by atoms with van der Waals surface area (Å²) in [5, 5.41) is 24.7. The number of thioether (sulfide) groups is 2. The van der Waals surface area contributed by atoms with E-state index in [-0.39, 0.29) is 17.7 Å². The maximum absolute atomic E-state index is 12.6. The van der Waals surface area contributed by atoms with Gasteiger partial charge in [0.05, 0.1) is 18.2 Å². The number of amidine groups is 1. The lowest BCUT2D eigenvalue weighted by atomic mass is 9.63. The summed E-state index contributed by atoms with van der Waals surface area (Å²) in [6, 6.07) is 4.53. The standard InChI is InChI=1S/C22H36N6OS2/c1-7-9-11-30-22(31-12-10-8-2)21(15-24)16(3)13-18(28(17(4)29)27(5)6)20(21,14-23)19(25)26-22/h16,18H,7-13H2,1-6H3,(H2,25,26). The summed E-state index contributed by atoms with van der Waals surface area (Å²) in [5.74, 6) is 1.56. The highest BCUT2D eigenvalue weighted by Crippen LogP contribution is 2.72. The van der Waals surface area contributed by atoms with Crippen LogP contribution in [0.3, 0.4) is 0 Å². The highest BCUT2D eigenvalue weighted by atomic mass is 32.2. The van der Waals surface area contributed by atoms with Crippen LogP contribution < -0.4 is 5.73 Å². The van der Waals surface area contributed by atoms with Gasteiger partial charge in [0.2, 0.25) is 5.91 Å². The first-order valence-corrected chi connectivity index (χ1v) is 13.1. The number of carbonyl (C=O) groups is 1. The van der Waals surface area contributed by atoms with Crippen LogP contribution in [-0.2, 0) is 4.79 Å². The second-order valence-corrected chi connectivity index (χ2v) is 11.5. The number of fused-ring (bicyclic) bond motifs is 1. The summed E-state index contributed by atoms with van der Waals surface area (Å²) in [4.78, 5) is 17.6. The lowest BCUT2D eigenvalue weighted by Gasteiger charge is -2.46. The molecule has 31 heavy (non-hydrogen) atoms. The molecule has 4 atom stereocenters. The Labute approximate surface area is 195 Å². The second kappa shape index (κ2) is 10.0. The van der Waals surface area contributed by atoms with Gasteiger partial charge in [0.1, 0.15) is 11.3 Å². The van der Waals surface area contributed by atoms with Crippen molar-refractivity contribution in [2.45, 2.75) is 70.0 Å². The van der Waals surface area contributed by atoms with E-state index in [1.54, 1.807) is 47.6 Å². The zero-order valence-electron chi connectivity index (χ0n) is 19.6. The van der Waals surface area contributed by atoms with Gasteiger partial charge in [-0.15, -0.1) is 23.5 Å². The van der Waals surface area contributed by atoms with Crippen molar-refractivity contribution in [3.8, 4) is 12.1 Å². The molecule has 7 nitrogen and oxygen atoms in total. The van der Waals surface area contributed by atoms with E-state index in [0.717, 1.165) is 37.2 Å². The van der Waals surface area contributed by atoms with Crippen LogP contribution in [-0.4, -0.2) is 57.6 Å². The minimum Gasteiger partial charge on any atom is -0.386 e. The van der Waals surface area contributed by atoms with E-state index in [4.69, 9.17) is 10.7 Å². The molecule has 1 heterocycles. The van der Waals surface area contributed by atoms with Crippen LogP contribution in [0.2, 0.25) is 0 Å². The normalized spacial score (nSPS) is 31.1. The number of rotatable bonds is 10. The van der Waals surface area contributed by atoms with Crippen LogP contribution in [0.1, 0.15) is 59.8 Å². The van der Waals surface area contributed by atoms with Gasteiger partial charge in [0, 0.05) is 21.0 Å². The van der Waals surface area contributed by atoms with Crippen molar-refractivity contribution in [2.24, 2.45) is 27.5 Å². The fraction of sp³-hybridized carbons (Fsp3) is 0.818. The first-order valence-electron chi connectivity index (χ1n) is 11.1. The van der Waals surface area contributed by atoms with Crippen molar-refractivity contribution < 1.29 is 4.79 Å². The van der Waals surface area contributed by atoms with Crippen molar-refractivity contribution in [1.29, 1.82) is 10.5 Å². The Bertz CT molecular complexity index is 778. The van der Waals surface area contributed by atoms with Gasteiger partial charge >= 0.3 is 0 Å². The number of hydrogen-bond acceptors (Lipinski definition) is 8. The fourth-order valence-electron chi connectivity index (χ4n) is 5.20. The van der Waals surface area contributed by atoms with Gasteiger partial charge in [-0.05, 0) is 36.7 Å². The minimum absolute atomic E-state index is 0.156. The molecule has 4 unspecified atom stereocenters. The van der Waals surface area contributed by atoms with Crippen LogP contribution in [0, 0.1) is 39.4 Å². The largest absolute Gasteiger partial charge is 0.386 e. The zero-order chi connectivity index (χ0) is 23.4. The Morgan fingerprint density at radius 3 is 2.13 bits per heavy atom. The van der Waals surface area contributed by atoms with Gasteiger partial charge < -0.3 is 5.73 Å². The molecule has 0 spiro atoms. The third-order valence-corrected chi connectivity index (χ3v) is 9.90. The summed E-state index contributed by atoms with van der Waals surface area (Å²) in [6.45, 7) is 7.79. The van der Waals surface area contributed by atoms with E-state index in [2.05, 4.69) is 26.0 Å². The van der Waals surface area contributed by atoms with E-state index in [9.17, 15) is 15.3 Å². The van der Waals surface area contributed by atoms with Crippen LogP contribution in [0.5, 0.6) is 0 Å². The number of hydrogen-bond donors (Lipinski definition) is 1. The highest BCUT2D eigenvalue weighted by molar-refractivity contribution is 8.18. The molecule has 1 aliphatic heterocycles. The third kappa shape index (κ3) is 3.73. The van der Waals surface area contributed by atoms with Gasteiger partial charge in [0.25, 0.3) is 0 Å². The molecule has 1 amide bonds. The number of nitrogens with zero attached hydrogens (tertiary/aromatic N) is 5. The lowest BCUT2D eigenvalue weighted by Crippen LogP contribution is -2.61. The number of hydrazine groups is 1. The van der Waals surface area contributed by atoms with Crippen LogP contribution in [0.4, 0.5) is 0 Å². The first kappa shape index (κ1) is 25.8. The maximum atomic E-state index is 12.6. The van der Waals surface area contributed by atoms with Gasteiger partial charge in [-0.3, -0.25) is 9.80 Å². The zero-order valence-corrected chi connectivity index (χ0v) is 21.3. The topological polar surface area (TPSA) is 110 Å². The Morgan fingerprint density at radius 2 is 1.74 bits per heavy atom. The lowest BCUT2D eigenvalue weighted by molar-refractivity contribution is -0.150. The van der Waals surface area contributed by atoms with Crippen molar-refractivity contribution in [2.75, 3.05) is 25.6 Å². The van der Waals surface area contributed by atoms with Gasteiger partial charge in [-0.25, -0.2) is 10.0 Å². The van der Waals surface area contributed by atoms with Crippen LogP contribution in [0.25, 0.3) is 0 Å². The molecule has 2 N–H and O–H groups in total. The average Bonchev–Trinajstić information content (AvgIpc) is 3.08. The van der Waals surface area contributed by atoms with Gasteiger partial charge in [0.15, 0.2) is 9.62 Å². The summed E-state index contributed by atoms with van der Waals surface area (Å²) < 4.78 is -0.852. The first-order chi connectivity index (χ1) is 14.7. The SMILES string of the molecule is CCCCSC1(SCCCC)N=C(N)C2(C#N)C(N(C(C)=O)N(C)C)CC(C)C12C#N. The van der Waals surface area contributed by atoms with E-state index in [0.29, 0.717) is 6.42 Å². The predicted octanol–water partition coefficient (Wildman–Crippen LogP) is 3.83. The molecule has 0 aromatic rings. The Hall–Kier alpha value is -1.42. The molecule has 0 radical (unpaired) electrons. The molecule has 1 aliphatic carbocycles. The van der Waals surface area contributed by atoms with Crippen molar-refractivity contribution >= 4 is 35.3 Å². The molecule has 0 saturated heterocycles. The molecule has 1 saturated carbocycles. The summed E-state index contributed by atoms with van der Waals surface area (Å²) in [5.41, 5.74) is 4.12. The van der Waals surface area contributed by atoms with Crippen LogP contribution in [0.15, 0.2) is 4.99 Å². The average molecular weight is 465 g/mol. The summed E-state index contributed by atoms with van der Waals surface area (Å²) >= 11 is 3.33. The molecule has 2 aliphatic rings. The Morgan fingerprint density at radius 1 is 1.19 bits per heavy atom. The minimum atomic E-state index is -1.35. The monoisotopic (exact) mass is 464 g/mol. The maximum Gasteiger partial charge on any atom is 0.234 e. The molecule has 1 fully saturated rings. The van der Waals surface area contributed by atoms with E-state index >= 15 is 0 Å². The molecular weight excluding hydrogens is 428 g/mol. The molecule has 2 rings (SSSR count). The quantitative estimate of drug-likeness (QED) is 0.297. The van der Waals surface area contributed by atoms with Crippen molar-refractivity contribution in [3.05, 3.63) is 0 Å². The van der Waals surface area contributed by atoms with Crippen molar-refractivity contribution in [3.63, 3.8) is 0 Å². The predicted molar refractivity (Wildman–Crippen MR) is 129 cm³/mol. The smallest absolute Gasteiger partial charge is 0.234 e. The van der Waals surface area contributed by atoms with E-state index in [1.165, 1.54) is 6.92 Å². The molecule has 0 bridgehead atoms. The number of aliphatic imine (C=N–C) groups is 1. The summed E-state index contributed by atoms with van der Waals surface area (Å²) in [6.07, 6.45) is 4.63. The fourth-order valence-corrected chi connectivity index (χ4v) is 9.05. The van der Waals surface area contributed by atoms with E-state index < -0.39 is 21.1 Å². The van der Waals surface area contributed by atoms with Gasteiger partial charge in [-0.1, -0.05) is 33.6 Å².